The predicted molar refractivity (Wildman–Crippen MR) is 71.8 cm³/mol. The van der Waals surface area contributed by atoms with Crippen LogP contribution in [0.1, 0.15) is 19.4 Å². The minimum Gasteiger partial charge on any atom is -0.326 e. The molecule has 18 heavy (non-hydrogen) atoms. The second-order valence-electron chi connectivity index (χ2n) is 4.72. The Bertz CT molecular complexity index is 470. The van der Waals surface area contributed by atoms with E-state index in [1.165, 1.54) is 4.90 Å². The maximum absolute atomic E-state index is 12.1. The fraction of sp³-hybridized carbons (Fsp3) is 0.385. The molecule has 1 fully saturated rings. The lowest BCUT2D eigenvalue weighted by molar-refractivity contribution is -0.128. The van der Waals surface area contributed by atoms with Gasteiger partial charge in [0.1, 0.15) is 6.04 Å². The minimum absolute atomic E-state index is 0.108. The number of imide groups is 1. The summed E-state index contributed by atoms with van der Waals surface area (Å²) in [6.07, 6.45) is 0. The molecule has 3 amide bonds. The highest BCUT2D eigenvalue weighted by Crippen LogP contribution is 2.18. The van der Waals surface area contributed by atoms with Gasteiger partial charge in [-0.05, 0) is 23.6 Å². The van der Waals surface area contributed by atoms with Gasteiger partial charge >= 0.3 is 6.03 Å². The van der Waals surface area contributed by atoms with Crippen LogP contribution >= 0.6 is 15.9 Å². The average Bonchev–Trinajstić information content (AvgIpc) is 2.60. The number of amides is 3. The Morgan fingerprint density at radius 2 is 1.89 bits per heavy atom. The number of carbonyl (C=O) groups is 2. The molecule has 2 rings (SSSR count). The molecule has 0 aromatic heterocycles. The van der Waals surface area contributed by atoms with Crippen molar-refractivity contribution in [3.8, 4) is 0 Å². The van der Waals surface area contributed by atoms with Gasteiger partial charge in [-0.25, -0.2) is 4.79 Å². The Morgan fingerprint density at radius 3 is 2.39 bits per heavy atom. The number of urea groups is 1. The molecule has 1 aliphatic heterocycles. The first-order valence-corrected chi connectivity index (χ1v) is 6.64. The van der Waals surface area contributed by atoms with Gasteiger partial charge in [0.25, 0.3) is 5.91 Å². The van der Waals surface area contributed by atoms with Crippen molar-refractivity contribution in [1.82, 2.24) is 10.2 Å². The third kappa shape index (κ3) is 2.56. The highest BCUT2D eigenvalue weighted by molar-refractivity contribution is 9.10. The minimum atomic E-state index is -0.395. The zero-order valence-corrected chi connectivity index (χ0v) is 11.9. The van der Waals surface area contributed by atoms with Gasteiger partial charge < -0.3 is 5.32 Å². The topological polar surface area (TPSA) is 49.4 Å². The van der Waals surface area contributed by atoms with Crippen LogP contribution in [0.25, 0.3) is 0 Å². The summed E-state index contributed by atoms with van der Waals surface area (Å²) in [5.41, 5.74) is 0.936. The van der Waals surface area contributed by atoms with Crippen LogP contribution in [-0.2, 0) is 11.3 Å². The number of nitrogens with one attached hydrogen (secondary N) is 1. The Labute approximate surface area is 114 Å². The quantitative estimate of drug-likeness (QED) is 0.872. The highest BCUT2D eigenvalue weighted by atomic mass is 79.9. The van der Waals surface area contributed by atoms with Crippen molar-refractivity contribution >= 4 is 27.9 Å². The second kappa shape index (κ2) is 5.10. The molecule has 4 nitrogen and oxygen atoms in total. The summed E-state index contributed by atoms with van der Waals surface area (Å²) in [4.78, 5) is 25.1. The van der Waals surface area contributed by atoms with Gasteiger partial charge in [-0.2, -0.15) is 0 Å². The Morgan fingerprint density at radius 1 is 1.28 bits per heavy atom. The van der Waals surface area contributed by atoms with Crippen molar-refractivity contribution in [2.75, 3.05) is 0 Å². The van der Waals surface area contributed by atoms with E-state index in [0.717, 1.165) is 10.0 Å². The Kier molecular flexibility index (Phi) is 3.71. The van der Waals surface area contributed by atoms with Crippen LogP contribution in [0.15, 0.2) is 28.7 Å². The van der Waals surface area contributed by atoms with Gasteiger partial charge in [0.2, 0.25) is 0 Å². The van der Waals surface area contributed by atoms with Gasteiger partial charge in [0.15, 0.2) is 0 Å². The van der Waals surface area contributed by atoms with Gasteiger partial charge in [-0.15, -0.1) is 0 Å². The highest BCUT2D eigenvalue weighted by Gasteiger charge is 2.39. The van der Waals surface area contributed by atoms with E-state index in [0.29, 0.717) is 6.54 Å². The maximum atomic E-state index is 12.1. The third-order valence-corrected chi connectivity index (χ3v) is 3.51. The van der Waals surface area contributed by atoms with E-state index in [-0.39, 0.29) is 17.9 Å². The standard InChI is InChI=1S/C13H15BrN2O2/c1-8(2)11-12(17)16(13(18)15-11)7-9-3-5-10(14)6-4-9/h3-6,8,11H,7H2,1-2H3,(H,15,18)/t11-/m0/s1. The Balaban J connectivity index is 2.12. The molecule has 1 atom stereocenters. The van der Waals surface area contributed by atoms with Crippen molar-refractivity contribution in [1.29, 1.82) is 0 Å². The molecule has 1 aromatic carbocycles. The number of nitrogens with zero attached hydrogens (tertiary/aromatic N) is 1. The van der Waals surface area contributed by atoms with Crippen LogP contribution in [0.3, 0.4) is 0 Å². The predicted octanol–water partition coefficient (Wildman–Crippen LogP) is 2.53. The van der Waals surface area contributed by atoms with Crippen LogP contribution in [-0.4, -0.2) is 22.9 Å². The second-order valence-corrected chi connectivity index (χ2v) is 5.64. The molecule has 0 spiro atoms. The van der Waals surface area contributed by atoms with Crippen LogP contribution in [0.2, 0.25) is 0 Å². The number of hydrogen-bond acceptors (Lipinski definition) is 2. The Hall–Kier alpha value is -1.36. The summed E-state index contributed by atoms with van der Waals surface area (Å²) >= 11 is 3.35. The summed E-state index contributed by atoms with van der Waals surface area (Å²) in [5, 5.41) is 2.71. The normalized spacial score (nSPS) is 19.6. The molecule has 1 aromatic rings. The molecule has 5 heteroatoms. The van der Waals surface area contributed by atoms with E-state index in [2.05, 4.69) is 21.2 Å². The first kappa shape index (κ1) is 13.1. The zero-order valence-electron chi connectivity index (χ0n) is 10.3. The molecule has 1 heterocycles. The van der Waals surface area contributed by atoms with E-state index in [4.69, 9.17) is 0 Å². The van der Waals surface area contributed by atoms with E-state index in [1.807, 2.05) is 38.1 Å². The number of carbonyl (C=O) groups excluding carboxylic acids is 2. The molecule has 96 valence electrons. The molecule has 1 aliphatic rings. The molecule has 0 bridgehead atoms. The first-order chi connectivity index (χ1) is 8.49. The monoisotopic (exact) mass is 310 g/mol. The van der Waals surface area contributed by atoms with E-state index in [9.17, 15) is 9.59 Å². The van der Waals surface area contributed by atoms with Gasteiger partial charge in [-0.3, -0.25) is 9.69 Å². The molecule has 1 N–H and O–H groups in total. The van der Waals surface area contributed by atoms with E-state index < -0.39 is 6.04 Å². The molecule has 1 saturated heterocycles. The number of hydrogen-bond donors (Lipinski definition) is 1. The van der Waals surface area contributed by atoms with Crippen molar-refractivity contribution < 1.29 is 9.59 Å². The first-order valence-electron chi connectivity index (χ1n) is 5.85. The van der Waals surface area contributed by atoms with Crippen LogP contribution in [0, 0.1) is 5.92 Å². The molecule has 0 unspecified atom stereocenters. The lowest BCUT2D eigenvalue weighted by atomic mass is 10.0. The number of halogens is 1. The summed E-state index contributed by atoms with van der Waals surface area (Å²) in [6.45, 7) is 4.17. The SMILES string of the molecule is CC(C)[C@@H]1NC(=O)N(Cc2ccc(Br)cc2)C1=O. The van der Waals surface area contributed by atoms with Gasteiger partial charge in [0, 0.05) is 4.47 Å². The lowest BCUT2D eigenvalue weighted by Crippen LogP contribution is -2.34. The van der Waals surface area contributed by atoms with E-state index >= 15 is 0 Å². The molecular weight excluding hydrogens is 296 g/mol. The largest absolute Gasteiger partial charge is 0.326 e. The number of benzene rings is 1. The zero-order chi connectivity index (χ0) is 13.3. The van der Waals surface area contributed by atoms with Crippen molar-refractivity contribution in [2.45, 2.75) is 26.4 Å². The van der Waals surface area contributed by atoms with E-state index in [1.54, 1.807) is 0 Å². The fourth-order valence-electron chi connectivity index (χ4n) is 1.91. The third-order valence-electron chi connectivity index (χ3n) is 2.98. The summed E-state index contributed by atoms with van der Waals surface area (Å²) in [5.74, 6) is -0.0331. The van der Waals surface area contributed by atoms with Crippen molar-refractivity contribution in [3.63, 3.8) is 0 Å². The van der Waals surface area contributed by atoms with Crippen LogP contribution in [0.5, 0.6) is 0 Å². The number of rotatable bonds is 3. The van der Waals surface area contributed by atoms with Gasteiger partial charge in [0.05, 0.1) is 6.54 Å². The fourth-order valence-corrected chi connectivity index (χ4v) is 2.18. The van der Waals surface area contributed by atoms with Crippen molar-refractivity contribution in [3.05, 3.63) is 34.3 Å². The average molecular weight is 311 g/mol. The smallest absolute Gasteiger partial charge is 0.325 e. The molecular formula is C13H15BrN2O2. The summed E-state index contributed by atoms with van der Waals surface area (Å²) < 4.78 is 0.975. The van der Waals surface area contributed by atoms with Crippen LogP contribution in [0.4, 0.5) is 4.79 Å². The summed E-state index contributed by atoms with van der Waals surface area (Å²) in [7, 11) is 0. The van der Waals surface area contributed by atoms with Crippen molar-refractivity contribution in [2.24, 2.45) is 5.92 Å². The lowest BCUT2D eigenvalue weighted by Gasteiger charge is -2.14. The summed E-state index contributed by atoms with van der Waals surface area (Å²) in [6, 6.07) is 6.89. The molecule has 0 radical (unpaired) electrons. The van der Waals surface area contributed by atoms with Gasteiger partial charge in [-0.1, -0.05) is 41.9 Å². The maximum Gasteiger partial charge on any atom is 0.325 e. The molecule has 0 saturated carbocycles. The van der Waals surface area contributed by atoms with Crippen LogP contribution < -0.4 is 5.32 Å². The molecule has 0 aliphatic carbocycles.